The molecule has 27 heavy (non-hydrogen) atoms. The number of carbonyl (C=O) groups is 2. The predicted octanol–water partition coefficient (Wildman–Crippen LogP) is 4.40. The van der Waals surface area contributed by atoms with Gasteiger partial charge in [0.25, 0.3) is 0 Å². The van der Waals surface area contributed by atoms with Gasteiger partial charge in [-0.1, -0.05) is 43.2 Å². The van der Waals surface area contributed by atoms with Gasteiger partial charge in [0.1, 0.15) is 5.69 Å². The Hall–Kier alpha value is -2.43. The Labute approximate surface area is 161 Å². The van der Waals surface area contributed by atoms with E-state index in [-0.39, 0.29) is 17.6 Å². The van der Waals surface area contributed by atoms with Gasteiger partial charge in [0.05, 0.1) is 6.04 Å². The first-order chi connectivity index (χ1) is 13.0. The van der Waals surface area contributed by atoms with E-state index in [1.807, 2.05) is 11.0 Å². The lowest BCUT2D eigenvalue weighted by molar-refractivity contribution is -0.128. The van der Waals surface area contributed by atoms with Crippen LogP contribution in [0.2, 0.25) is 0 Å². The molecule has 1 aromatic heterocycles. The van der Waals surface area contributed by atoms with Crippen LogP contribution in [0.4, 0.5) is 0 Å². The largest absolute Gasteiger partial charge is 0.477 e. The molecule has 0 spiro atoms. The second-order valence-electron chi connectivity index (χ2n) is 7.12. The summed E-state index contributed by atoms with van der Waals surface area (Å²) in [5.74, 6) is -0.817. The third-order valence-electron chi connectivity index (χ3n) is 4.87. The van der Waals surface area contributed by atoms with Crippen LogP contribution in [0.25, 0.3) is 0 Å². The molecule has 1 aliphatic heterocycles. The van der Waals surface area contributed by atoms with Crippen molar-refractivity contribution in [1.29, 1.82) is 0 Å². The van der Waals surface area contributed by atoms with Crippen LogP contribution in [0.5, 0.6) is 0 Å². The molecule has 1 fully saturated rings. The summed E-state index contributed by atoms with van der Waals surface area (Å²) in [6.45, 7) is 5.01. The summed E-state index contributed by atoms with van der Waals surface area (Å²) in [7, 11) is 0. The average molecular weight is 370 g/mol. The molecule has 146 valence electrons. The predicted molar refractivity (Wildman–Crippen MR) is 107 cm³/mol. The van der Waals surface area contributed by atoms with Crippen LogP contribution in [0, 0.1) is 0 Å². The standard InChI is InChI=1S/C22H30N2O3/c1-3-4-8-17(2)9-5-12-19-14-15-21(25)24(19)16-7-11-18-10-6-13-20(23-18)22(26)27/h5-6,9-10,12-13,19H,3-4,7-8,11,14-16H2,1-2H3,(H,26,27)/b12-5+,17-9+/t19-/m0/s1. The molecule has 0 unspecified atom stereocenters. The number of allylic oxidation sites excluding steroid dienone is 3. The number of carbonyl (C=O) groups excluding carboxylic acids is 1. The number of carboxylic acids is 1. The van der Waals surface area contributed by atoms with E-state index >= 15 is 0 Å². The number of amides is 1. The first-order valence-corrected chi connectivity index (χ1v) is 9.84. The lowest BCUT2D eigenvalue weighted by atomic mass is 10.1. The van der Waals surface area contributed by atoms with Crippen LogP contribution in [-0.2, 0) is 11.2 Å². The summed E-state index contributed by atoms with van der Waals surface area (Å²) in [6, 6.07) is 5.20. The van der Waals surface area contributed by atoms with Gasteiger partial charge in [-0.2, -0.15) is 0 Å². The fraction of sp³-hybridized carbons (Fsp3) is 0.500. The van der Waals surface area contributed by atoms with Crippen molar-refractivity contribution in [2.45, 2.75) is 64.8 Å². The summed E-state index contributed by atoms with van der Waals surface area (Å²) in [6.07, 6.45) is 12.8. The maximum absolute atomic E-state index is 12.2. The van der Waals surface area contributed by atoms with Crippen LogP contribution in [-0.4, -0.2) is 39.5 Å². The van der Waals surface area contributed by atoms with E-state index in [4.69, 9.17) is 5.11 Å². The van der Waals surface area contributed by atoms with Crippen LogP contribution >= 0.6 is 0 Å². The van der Waals surface area contributed by atoms with Crippen LogP contribution in [0.1, 0.15) is 68.6 Å². The van der Waals surface area contributed by atoms with Crippen molar-refractivity contribution >= 4 is 11.9 Å². The number of hydrogen-bond donors (Lipinski definition) is 1. The highest BCUT2D eigenvalue weighted by Crippen LogP contribution is 2.21. The maximum atomic E-state index is 12.2. The summed E-state index contributed by atoms with van der Waals surface area (Å²) < 4.78 is 0. The van der Waals surface area contributed by atoms with Crippen molar-refractivity contribution in [2.24, 2.45) is 0 Å². The first-order valence-electron chi connectivity index (χ1n) is 9.84. The number of aromatic carboxylic acids is 1. The van der Waals surface area contributed by atoms with Crippen molar-refractivity contribution in [3.05, 3.63) is 53.4 Å². The van der Waals surface area contributed by atoms with E-state index in [9.17, 15) is 9.59 Å². The second kappa shape index (κ2) is 10.7. The summed E-state index contributed by atoms with van der Waals surface area (Å²) in [5, 5.41) is 9.02. The fourth-order valence-corrected chi connectivity index (χ4v) is 3.30. The van der Waals surface area contributed by atoms with Gasteiger partial charge in [0.15, 0.2) is 0 Å². The van der Waals surface area contributed by atoms with Gasteiger partial charge in [0, 0.05) is 18.7 Å². The Bertz CT molecular complexity index is 709. The molecule has 0 aliphatic carbocycles. The van der Waals surface area contributed by atoms with Gasteiger partial charge >= 0.3 is 5.97 Å². The van der Waals surface area contributed by atoms with Gasteiger partial charge in [-0.3, -0.25) is 4.79 Å². The SMILES string of the molecule is CCCC/C(C)=C/C=C/[C@H]1CCC(=O)N1CCCc1cccc(C(=O)O)n1. The quantitative estimate of drug-likeness (QED) is 0.620. The van der Waals surface area contributed by atoms with Crippen LogP contribution < -0.4 is 0 Å². The highest BCUT2D eigenvalue weighted by molar-refractivity contribution is 5.85. The van der Waals surface area contributed by atoms with E-state index in [1.54, 1.807) is 6.07 Å². The smallest absolute Gasteiger partial charge is 0.354 e. The molecule has 5 heteroatoms. The number of aryl methyl sites for hydroxylation is 1. The van der Waals surface area contributed by atoms with Gasteiger partial charge in [-0.15, -0.1) is 0 Å². The molecule has 1 aliphatic rings. The number of unbranched alkanes of at least 4 members (excludes halogenated alkanes) is 1. The minimum absolute atomic E-state index is 0.0655. The minimum Gasteiger partial charge on any atom is -0.477 e. The van der Waals surface area contributed by atoms with Crippen molar-refractivity contribution in [3.8, 4) is 0 Å². The Morgan fingerprint density at radius 2 is 2.19 bits per heavy atom. The van der Waals surface area contributed by atoms with Gasteiger partial charge in [-0.25, -0.2) is 9.78 Å². The van der Waals surface area contributed by atoms with Gasteiger partial charge in [0.2, 0.25) is 5.91 Å². The number of likely N-dealkylation sites (tertiary alicyclic amines) is 1. The molecule has 1 atom stereocenters. The Morgan fingerprint density at radius 1 is 1.37 bits per heavy atom. The van der Waals surface area contributed by atoms with Crippen molar-refractivity contribution in [3.63, 3.8) is 0 Å². The van der Waals surface area contributed by atoms with E-state index in [0.29, 0.717) is 19.4 Å². The number of hydrogen-bond acceptors (Lipinski definition) is 3. The Balaban J connectivity index is 1.87. The third kappa shape index (κ3) is 6.66. The number of nitrogens with zero attached hydrogens (tertiary/aromatic N) is 2. The summed E-state index contributed by atoms with van der Waals surface area (Å²) in [5.41, 5.74) is 2.19. The van der Waals surface area contributed by atoms with Gasteiger partial charge < -0.3 is 10.0 Å². The van der Waals surface area contributed by atoms with E-state index in [1.165, 1.54) is 24.5 Å². The van der Waals surface area contributed by atoms with Crippen molar-refractivity contribution in [1.82, 2.24) is 9.88 Å². The Morgan fingerprint density at radius 3 is 2.93 bits per heavy atom. The van der Waals surface area contributed by atoms with Crippen molar-refractivity contribution < 1.29 is 14.7 Å². The molecule has 0 saturated carbocycles. The first kappa shape index (κ1) is 20.9. The molecule has 2 heterocycles. The zero-order valence-electron chi connectivity index (χ0n) is 16.4. The van der Waals surface area contributed by atoms with Gasteiger partial charge in [-0.05, 0) is 51.2 Å². The molecule has 1 amide bonds. The molecule has 2 rings (SSSR count). The molecule has 0 radical (unpaired) electrons. The minimum atomic E-state index is -1.01. The molecule has 5 nitrogen and oxygen atoms in total. The molecule has 1 aromatic rings. The van der Waals surface area contributed by atoms with Crippen LogP contribution in [0.15, 0.2) is 42.0 Å². The normalized spacial score (nSPS) is 17.9. The Kier molecular flexibility index (Phi) is 8.24. The number of carboxylic acid groups (broad SMARTS) is 1. The molecule has 1 N–H and O–H groups in total. The zero-order chi connectivity index (χ0) is 19.6. The van der Waals surface area contributed by atoms with E-state index in [0.717, 1.165) is 25.0 Å². The van der Waals surface area contributed by atoms with E-state index in [2.05, 4.69) is 37.1 Å². The lowest BCUT2D eigenvalue weighted by Gasteiger charge is -2.22. The number of aromatic nitrogens is 1. The third-order valence-corrected chi connectivity index (χ3v) is 4.87. The maximum Gasteiger partial charge on any atom is 0.354 e. The highest BCUT2D eigenvalue weighted by Gasteiger charge is 2.28. The number of rotatable bonds is 10. The molecule has 1 saturated heterocycles. The molecule has 0 bridgehead atoms. The summed E-state index contributed by atoms with van der Waals surface area (Å²) in [4.78, 5) is 29.3. The van der Waals surface area contributed by atoms with Crippen LogP contribution in [0.3, 0.4) is 0 Å². The lowest BCUT2D eigenvalue weighted by Crippen LogP contribution is -2.32. The molecular weight excluding hydrogens is 340 g/mol. The second-order valence-corrected chi connectivity index (χ2v) is 7.12. The topological polar surface area (TPSA) is 70.5 Å². The molecular formula is C22H30N2O3. The zero-order valence-corrected chi connectivity index (χ0v) is 16.4. The monoisotopic (exact) mass is 370 g/mol. The number of pyridine rings is 1. The molecule has 0 aromatic carbocycles. The van der Waals surface area contributed by atoms with Crippen molar-refractivity contribution in [2.75, 3.05) is 6.54 Å². The fourth-order valence-electron chi connectivity index (χ4n) is 3.30. The summed E-state index contributed by atoms with van der Waals surface area (Å²) >= 11 is 0. The average Bonchev–Trinajstić information content (AvgIpc) is 3.00. The van der Waals surface area contributed by atoms with E-state index < -0.39 is 5.97 Å². The highest BCUT2D eigenvalue weighted by atomic mass is 16.4.